The highest BCUT2D eigenvalue weighted by Gasteiger charge is 2.39. The maximum absolute atomic E-state index is 12.2. The van der Waals surface area contributed by atoms with Crippen molar-refractivity contribution in [2.45, 2.75) is 32.0 Å². The summed E-state index contributed by atoms with van der Waals surface area (Å²) in [6.07, 6.45) is 2.33. The van der Waals surface area contributed by atoms with E-state index >= 15 is 0 Å². The summed E-state index contributed by atoms with van der Waals surface area (Å²) in [5.74, 6) is 0.139. The average molecular weight is 329 g/mol. The lowest BCUT2D eigenvalue weighted by molar-refractivity contribution is -0.127. The number of aromatic nitrogens is 2. The second-order valence-electron chi connectivity index (χ2n) is 5.86. The normalized spacial score (nSPS) is 21.0. The summed E-state index contributed by atoms with van der Waals surface area (Å²) in [7, 11) is 3.76. The average Bonchev–Trinajstić information content (AvgIpc) is 3.20. The number of likely N-dealkylation sites (N-methyl/N-ethyl adjacent to an activating group) is 1. The van der Waals surface area contributed by atoms with Crippen LogP contribution >= 0.6 is 11.3 Å². The summed E-state index contributed by atoms with van der Waals surface area (Å²) in [6.45, 7) is 2.68. The Morgan fingerprint density at radius 3 is 2.91 bits per heavy atom. The zero-order valence-corrected chi connectivity index (χ0v) is 14.2. The minimum Gasteiger partial charge on any atom is -0.337 e. The molecule has 1 fully saturated rings. The van der Waals surface area contributed by atoms with E-state index in [1.807, 2.05) is 43.3 Å². The van der Waals surface area contributed by atoms with Crippen LogP contribution in [0.2, 0.25) is 0 Å². The Balaban J connectivity index is 1.78. The molecule has 23 heavy (non-hydrogen) atoms. The van der Waals surface area contributed by atoms with E-state index < -0.39 is 0 Å². The van der Waals surface area contributed by atoms with E-state index in [0.29, 0.717) is 18.5 Å². The van der Waals surface area contributed by atoms with E-state index in [0.717, 1.165) is 16.1 Å². The van der Waals surface area contributed by atoms with Crippen molar-refractivity contribution < 1.29 is 4.79 Å². The monoisotopic (exact) mass is 329 g/mol. The maximum Gasteiger partial charge on any atom is 0.224 e. The first-order chi connectivity index (χ1) is 11.0. The lowest BCUT2D eigenvalue weighted by Gasteiger charge is -2.25. The number of amides is 1. The zero-order chi connectivity index (χ0) is 16.6. The highest BCUT2D eigenvalue weighted by molar-refractivity contribution is 7.10. The Bertz CT molecular complexity index is 772. The molecule has 120 valence electrons. The number of aryl methyl sites for hydroxylation is 1. The van der Waals surface area contributed by atoms with E-state index in [1.165, 1.54) is 0 Å². The van der Waals surface area contributed by atoms with Crippen molar-refractivity contribution >= 4 is 17.2 Å². The summed E-state index contributed by atoms with van der Waals surface area (Å²) >= 11 is 1.56. The largest absolute Gasteiger partial charge is 0.337 e. The minimum absolute atomic E-state index is 0.00778. The molecule has 0 bridgehead atoms. The van der Waals surface area contributed by atoms with Gasteiger partial charge in [-0.15, -0.1) is 11.3 Å². The number of nitrogens with zero attached hydrogens (tertiary/aromatic N) is 4. The van der Waals surface area contributed by atoms with Gasteiger partial charge in [0.2, 0.25) is 5.91 Å². The quantitative estimate of drug-likeness (QED) is 0.927. The molecular weight excluding hydrogens is 310 g/mol. The van der Waals surface area contributed by atoms with Crippen LogP contribution in [0.25, 0.3) is 0 Å². The van der Waals surface area contributed by atoms with E-state index in [-0.39, 0.29) is 18.0 Å². The van der Waals surface area contributed by atoms with Gasteiger partial charge in [-0.25, -0.2) is 0 Å². The van der Waals surface area contributed by atoms with Gasteiger partial charge in [0.15, 0.2) is 0 Å². The Kier molecular flexibility index (Phi) is 4.20. The smallest absolute Gasteiger partial charge is 0.224 e. The summed E-state index contributed by atoms with van der Waals surface area (Å²) in [5, 5.41) is 18.5. The van der Waals surface area contributed by atoms with Crippen molar-refractivity contribution in [1.82, 2.24) is 20.0 Å². The van der Waals surface area contributed by atoms with Gasteiger partial charge in [-0.05, 0) is 13.0 Å². The van der Waals surface area contributed by atoms with Gasteiger partial charge in [-0.3, -0.25) is 9.48 Å². The van der Waals surface area contributed by atoms with Gasteiger partial charge in [0, 0.05) is 54.6 Å². The van der Waals surface area contributed by atoms with E-state index in [4.69, 9.17) is 5.26 Å². The number of rotatable bonds is 4. The highest BCUT2D eigenvalue weighted by Crippen LogP contribution is 2.33. The molecule has 2 aromatic heterocycles. The lowest BCUT2D eigenvalue weighted by Crippen LogP contribution is -2.34. The molecule has 0 radical (unpaired) electrons. The van der Waals surface area contributed by atoms with Crippen LogP contribution < -0.4 is 5.32 Å². The Hall–Kier alpha value is -2.17. The lowest BCUT2D eigenvalue weighted by atomic mass is 10.0. The fourth-order valence-corrected chi connectivity index (χ4v) is 3.81. The van der Waals surface area contributed by atoms with Crippen molar-refractivity contribution in [2.75, 3.05) is 7.05 Å². The Morgan fingerprint density at radius 1 is 1.52 bits per heavy atom. The number of nitrogens with one attached hydrogen (secondary N) is 1. The zero-order valence-electron chi connectivity index (χ0n) is 13.4. The van der Waals surface area contributed by atoms with E-state index in [1.54, 1.807) is 16.2 Å². The predicted octanol–water partition coefficient (Wildman–Crippen LogP) is 1.72. The van der Waals surface area contributed by atoms with Crippen LogP contribution in [0.15, 0.2) is 17.6 Å². The molecule has 0 saturated carbocycles. The first-order valence-electron chi connectivity index (χ1n) is 7.46. The molecule has 0 aliphatic carbocycles. The molecule has 2 aromatic rings. The summed E-state index contributed by atoms with van der Waals surface area (Å²) in [4.78, 5) is 15.1. The van der Waals surface area contributed by atoms with E-state index in [2.05, 4.69) is 16.5 Å². The molecule has 0 aromatic carbocycles. The number of hydrogen-bond donors (Lipinski definition) is 1. The summed E-state index contributed by atoms with van der Waals surface area (Å²) in [5.41, 5.74) is 2.85. The molecule has 3 rings (SSSR count). The van der Waals surface area contributed by atoms with Gasteiger partial charge in [0.05, 0.1) is 17.8 Å². The first-order valence-corrected chi connectivity index (χ1v) is 8.34. The van der Waals surface area contributed by atoms with E-state index in [9.17, 15) is 4.79 Å². The Morgan fingerprint density at radius 2 is 2.30 bits per heavy atom. The molecule has 1 aliphatic rings. The van der Waals surface area contributed by atoms with Gasteiger partial charge in [0.1, 0.15) is 6.07 Å². The summed E-state index contributed by atoms with van der Waals surface area (Å²) in [6, 6.07) is 4.07. The number of hydrogen-bond acceptors (Lipinski definition) is 5. The van der Waals surface area contributed by atoms with Gasteiger partial charge >= 0.3 is 0 Å². The third-order valence-corrected chi connectivity index (χ3v) is 5.44. The van der Waals surface area contributed by atoms with Crippen molar-refractivity contribution in [3.63, 3.8) is 0 Å². The SMILES string of the molecule is Cc1c([C@H]2[C@H](NCc3cc(C#N)cs3)CC(=O)N2C)cnn1C. The molecule has 1 saturated heterocycles. The van der Waals surface area contributed by atoms with Crippen LogP contribution in [0.3, 0.4) is 0 Å². The van der Waals surface area contributed by atoms with Crippen molar-refractivity contribution in [1.29, 1.82) is 5.26 Å². The number of thiophene rings is 1. The standard InChI is InChI=1S/C16H19N5OS/c1-10-13(8-19-21(10)3)16-14(5-15(22)20(16)2)18-7-12-4-11(6-17)9-23-12/h4,8-9,14,16,18H,5,7H2,1-3H3/t14-,16+/m1/s1. The first kappa shape index (κ1) is 15.7. The van der Waals surface area contributed by atoms with Crippen LogP contribution in [0.4, 0.5) is 0 Å². The van der Waals surface area contributed by atoms with Crippen molar-refractivity contribution in [3.05, 3.63) is 39.3 Å². The van der Waals surface area contributed by atoms with Crippen LogP contribution in [-0.4, -0.2) is 33.7 Å². The molecule has 1 aliphatic heterocycles. The Labute approximate surface area is 139 Å². The molecule has 3 heterocycles. The highest BCUT2D eigenvalue weighted by atomic mass is 32.1. The molecule has 0 unspecified atom stereocenters. The van der Waals surface area contributed by atoms with Gasteiger partial charge in [0.25, 0.3) is 0 Å². The van der Waals surface area contributed by atoms with Gasteiger partial charge in [-0.1, -0.05) is 0 Å². The molecule has 0 spiro atoms. The third-order valence-electron chi connectivity index (χ3n) is 4.50. The van der Waals surface area contributed by atoms with Crippen molar-refractivity contribution in [3.8, 4) is 6.07 Å². The molecule has 1 N–H and O–H groups in total. The van der Waals surface area contributed by atoms with Crippen LogP contribution in [0.1, 0.15) is 34.2 Å². The van der Waals surface area contributed by atoms with Gasteiger partial charge in [-0.2, -0.15) is 10.4 Å². The second kappa shape index (κ2) is 6.14. The number of likely N-dealkylation sites (tertiary alicyclic amines) is 1. The van der Waals surface area contributed by atoms with Crippen LogP contribution in [0, 0.1) is 18.3 Å². The number of nitriles is 1. The minimum atomic E-state index is -0.00778. The molecule has 7 heteroatoms. The van der Waals surface area contributed by atoms with Crippen LogP contribution in [-0.2, 0) is 18.4 Å². The molecular formula is C16H19N5OS. The second-order valence-corrected chi connectivity index (χ2v) is 6.86. The van der Waals surface area contributed by atoms with Crippen LogP contribution in [0.5, 0.6) is 0 Å². The molecule has 2 atom stereocenters. The molecule has 6 nitrogen and oxygen atoms in total. The summed E-state index contributed by atoms with van der Waals surface area (Å²) < 4.78 is 1.83. The third kappa shape index (κ3) is 2.87. The molecule has 1 amide bonds. The van der Waals surface area contributed by atoms with Gasteiger partial charge < -0.3 is 10.2 Å². The predicted molar refractivity (Wildman–Crippen MR) is 87.7 cm³/mol. The fourth-order valence-electron chi connectivity index (χ4n) is 3.05. The number of carbonyl (C=O) groups excluding carboxylic acids is 1. The fraction of sp³-hybridized carbons (Fsp3) is 0.438. The van der Waals surface area contributed by atoms with Crippen molar-refractivity contribution in [2.24, 2.45) is 7.05 Å². The number of carbonyl (C=O) groups is 1. The topological polar surface area (TPSA) is 74.0 Å². The maximum atomic E-state index is 12.2.